The number of likely N-dealkylation sites (tertiary alicyclic amines) is 1. The van der Waals surface area contributed by atoms with Gasteiger partial charge in [-0.1, -0.05) is 49.4 Å². The third-order valence-electron chi connectivity index (χ3n) is 4.94. The van der Waals surface area contributed by atoms with Crippen molar-refractivity contribution in [1.82, 2.24) is 10.2 Å². The van der Waals surface area contributed by atoms with Gasteiger partial charge in [0.2, 0.25) is 5.91 Å². The summed E-state index contributed by atoms with van der Waals surface area (Å²) in [6, 6.07) is 16.7. The van der Waals surface area contributed by atoms with E-state index in [0.29, 0.717) is 17.2 Å². The molecule has 2 aromatic carbocycles. The molecular weight excluding hydrogens is 370 g/mol. The van der Waals surface area contributed by atoms with Crippen LogP contribution in [-0.4, -0.2) is 34.9 Å². The summed E-state index contributed by atoms with van der Waals surface area (Å²) in [6.07, 6.45) is 2.29. The molecule has 2 aromatic rings. The number of piperidine rings is 1. The number of hydrogen-bond donors (Lipinski definition) is 2. The molecule has 28 heavy (non-hydrogen) atoms. The van der Waals surface area contributed by atoms with Gasteiger partial charge in [0.15, 0.2) is 5.11 Å². The Balaban J connectivity index is 1.61. The second-order valence-corrected chi connectivity index (χ2v) is 7.59. The number of nitrogens with one attached hydrogen (secondary N) is 2. The zero-order valence-corrected chi connectivity index (χ0v) is 16.8. The van der Waals surface area contributed by atoms with Gasteiger partial charge in [-0.05, 0) is 48.7 Å². The molecule has 1 aliphatic rings. The topological polar surface area (TPSA) is 61.4 Å². The summed E-state index contributed by atoms with van der Waals surface area (Å²) in [6.45, 7) is 3.76. The molecule has 0 aliphatic carbocycles. The molecule has 2 amide bonds. The van der Waals surface area contributed by atoms with Crippen LogP contribution >= 0.6 is 12.2 Å². The Bertz CT molecular complexity index is 846. The molecule has 0 saturated carbocycles. The Kier molecular flexibility index (Phi) is 6.76. The van der Waals surface area contributed by atoms with Crippen LogP contribution in [0.25, 0.3) is 0 Å². The van der Waals surface area contributed by atoms with Crippen molar-refractivity contribution in [3.63, 3.8) is 0 Å². The SMILES string of the molecule is CC1CCN(C(=O)c2ccccc2NC(=S)NC(=O)Cc2ccccc2)CC1. The summed E-state index contributed by atoms with van der Waals surface area (Å²) in [7, 11) is 0. The summed E-state index contributed by atoms with van der Waals surface area (Å²) in [5.74, 6) is 0.454. The van der Waals surface area contributed by atoms with Crippen molar-refractivity contribution >= 4 is 34.8 Å². The predicted molar refractivity (Wildman–Crippen MR) is 115 cm³/mol. The van der Waals surface area contributed by atoms with Gasteiger partial charge in [-0.25, -0.2) is 0 Å². The van der Waals surface area contributed by atoms with Crippen molar-refractivity contribution in [2.75, 3.05) is 18.4 Å². The molecule has 0 spiro atoms. The molecule has 5 nitrogen and oxygen atoms in total. The van der Waals surface area contributed by atoms with Crippen LogP contribution in [0.15, 0.2) is 54.6 Å². The third-order valence-corrected chi connectivity index (χ3v) is 5.14. The van der Waals surface area contributed by atoms with E-state index in [0.717, 1.165) is 31.5 Å². The lowest BCUT2D eigenvalue weighted by Crippen LogP contribution is -2.39. The first-order chi connectivity index (χ1) is 13.5. The van der Waals surface area contributed by atoms with Crippen LogP contribution in [0.5, 0.6) is 0 Å². The van der Waals surface area contributed by atoms with E-state index in [1.807, 2.05) is 47.4 Å². The van der Waals surface area contributed by atoms with E-state index in [1.54, 1.807) is 12.1 Å². The molecule has 1 aliphatic heterocycles. The van der Waals surface area contributed by atoms with Crippen LogP contribution < -0.4 is 10.6 Å². The van der Waals surface area contributed by atoms with Gasteiger partial charge in [0.05, 0.1) is 17.7 Å². The van der Waals surface area contributed by atoms with Crippen LogP contribution in [0.1, 0.15) is 35.7 Å². The number of para-hydroxylation sites is 1. The molecule has 2 N–H and O–H groups in total. The van der Waals surface area contributed by atoms with E-state index >= 15 is 0 Å². The van der Waals surface area contributed by atoms with Crippen molar-refractivity contribution < 1.29 is 9.59 Å². The number of benzene rings is 2. The number of carbonyl (C=O) groups excluding carboxylic acids is 2. The van der Waals surface area contributed by atoms with Crippen LogP contribution in [0.4, 0.5) is 5.69 Å². The van der Waals surface area contributed by atoms with Gasteiger partial charge in [0, 0.05) is 13.1 Å². The minimum Gasteiger partial charge on any atom is -0.339 e. The van der Waals surface area contributed by atoms with Gasteiger partial charge < -0.3 is 15.5 Å². The van der Waals surface area contributed by atoms with E-state index in [2.05, 4.69) is 17.6 Å². The van der Waals surface area contributed by atoms with E-state index in [1.165, 1.54) is 0 Å². The molecule has 0 aromatic heterocycles. The van der Waals surface area contributed by atoms with Crippen LogP contribution in [0.3, 0.4) is 0 Å². The van der Waals surface area contributed by atoms with Crippen molar-refractivity contribution in [2.45, 2.75) is 26.2 Å². The second kappa shape index (κ2) is 9.46. The molecule has 3 rings (SSSR count). The van der Waals surface area contributed by atoms with Crippen LogP contribution in [0.2, 0.25) is 0 Å². The minimum absolute atomic E-state index is 0.00610. The first-order valence-corrected chi connectivity index (χ1v) is 9.97. The van der Waals surface area contributed by atoms with Crippen molar-refractivity contribution in [3.05, 3.63) is 65.7 Å². The molecule has 1 fully saturated rings. The number of carbonyl (C=O) groups is 2. The normalized spacial score (nSPS) is 14.4. The highest BCUT2D eigenvalue weighted by atomic mass is 32.1. The maximum Gasteiger partial charge on any atom is 0.255 e. The van der Waals surface area contributed by atoms with Gasteiger partial charge in [-0.2, -0.15) is 0 Å². The Morgan fingerprint density at radius 1 is 1.04 bits per heavy atom. The maximum absolute atomic E-state index is 12.9. The van der Waals surface area contributed by atoms with Crippen molar-refractivity contribution in [1.29, 1.82) is 0 Å². The molecule has 0 atom stereocenters. The summed E-state index contributed by atoms with van der Waals surface area (Å²) in [5, 5.41) is 5.88. The molecule has 1 saturated heterocycles. The quantitative estimate of drug-likeness (QED) is 0.777. The lowest BCUT2D eigenvalue weighted by molar-refractivity contribution is -0.119. The van der Waals surface area contributed by atoms with Crippen LogP contribution in [0, 0.1) is 5.92 Å². The monoisotopic (exact) mass is 395 g/mol. The highest BCUT2D eigenvalue weighted by Gasteiger charge is 2.23. The molecule has 0 radical (unpaired) electrons. The summed E-state index contributed by atoms with van der Waals surface area (Å²) >= 11 is 5.28. The fourth-order valence-electron chi connectivity index (χ4n) is 3.27. The Hall–Kier alpha value is -2.73. The standard InChI is InChI=1S/C22H25N3O2S/c1-16-11-13-25(14-12-16)21(27)18-9-5-6-10-19(18)23-22(28)24-20(26)15-17-7-3-2-4-8-17/h2-10,16H,11-15H2,1H3,(H2,23,24,26,28). The average molecular weight is 396 g/mol. The fraction of sp³-hybridized carbons (Fsp3) is 0.318. The first-order valence-electron chi connectivity index (χ1n) is 9.56. The van der Waals surface area contributed by atoms with E-state index in [-0.39, 0.29) is 23.3 Å². The molecule has 6 heteroatoms. The fourth-order valence-corrected chi connectivity index (χ4v) is 3.49. The largest absolute Gasteiger partial charge is 0.339 e. The summed E-state index contributed by atoms with van der Waals surface area (Å²) < 4.78 is 0. The van der Waals surface area contributed by atoms with Crippen LogP contribution in [-0.2, 0) is 11.2 Å². The van der Waals surface area contributed by atoms with Gasteiger partial charge >= 0.3 is 0 Å². The van der Waals surface area contributed by atoms with Gasteiger partial charge in [0.1, 0.15) is 0 Å². The molecule has 146 valence electrons. The number of nitrogens with zero attached hydrogens (tertiary/aromatic N) is 1. The number of hydrogen-bond acceptors (Lipinski definition) is 3. The molecule has 1 heterocycles. The summed E-state index contributed by atoms with van der Waals surface area (Å²) in [5.41, 5.74) is 2.09. The second-order valence-electron chi connectivity index (χ2n) is 7.18. The van der Waals surface area contributed by atoms with Gasteiger partial charge in [0.25, 0.3) is 5.91 Å². The van der Waals surface area contributed by atoms with Gasteiger partial charge in [-0.3, -0.25) is 9.59 Å². The number of anilines is 1. The van der Waals surface area contributed by atoms with E-state index in [9.17, 15) is 9.59 Å². The minimum atomic E-state index is -0.197. The lowest BCUT2D eigenvalue weighted by atomic mass is 9.98. The van der Waals surface area contributed by atoms with Crippen molar-refractivity contribution in [3.8, 4) is 0 Å². The lowest BCUT2D eigenvalue weighted by Gasteiger charge is -2.30. The van der Waals surface area contributed by atoms with Crippen molar-refractivity contribution in [2.24, 2.45) is 5.92 Å². The number of rotatable bonds is 4. The predicted octanol–water partition coefficient (Wildman–Crippen LogP) is 3.61. The molecule has 0 bridgehead atoms. The third kappa shape index (κ3) is 5.39. The highest BCUT2D eigenvalue weighted by Crippen LogP contribution is 2.22. The molecular formula is C22H25N3O2S. The maximum atomic E-state index is 12.9. The Morgan fingerprint density at radius 3 is 2.39 bits per heavy atom. The zero-order valence-electron chi connectivity index (χ0n) is 16.0. The smallest absolute Gasteiger partial charge is 0.255 e. The first kappa shape index (κ1) is 20.0. The Morgan fingerprint density at radius 2 is 1.68 bits per heavy atom. The van der Waals surface area contributed by atoms with Gasteiger partial charge in [-0.15, -0.1) is 0 Å². The number of thiocarbonyl (C=S) groups is 1. The zero-order chi connectivity index (χ0) is 19.9. The average Bonchev–Trinajstić information content (AvgIpc) is 2.69. The molecule has 0 unspecified atom stereocenters. The summed E-state index contributed by atoms with van der Waals surface area (Å²) in [4.78, 5) is 27.0. The van der Waals surface area contributed by atoms with E-state index in [4.69, 9.17) is 12.2 Å². The highest BCUT2D eigenvalue weighted by molar-refractivity contribution is 7.80. The number of amides is 2. The Labute approximate surface area is 171 Å². The van der Waals surface area contributed by atoms with E-state index < -0.39 is 0 Å².